The minimum atomic E-state index is -0.354. The molecule has 28 heavy (non-hydrogen) atoms. The monoisotopic (exact) mass is 392 g/mol. The van der Waals surface area contributed by atoms with Crippen LogP contribution >= 0.6 is 11.3 Å². The highest BCUT2D eigenvalue weighted by Gasteiger charge is 2.34. The van der Waals surface area contributed by atoms with Crippen LogP contribution in [0.4, 0.5) is 5.13 Å². The molecule has 0 bridgehead atoms. The van der Waals surface area contributed by atoms with Crippen molar-refractivity contribution in [2.45, 2.75) is 12.8 Å². The van der Waals surface area contributed by atoms with Crippen LogP contribution in [0, 0.1) is 5.92 Å². The number of likely N-dealkylation sites (tertiary alicyclic amines) is 1. The van der Waals surface area contributed by atoms with Gasteiger partial charge < -0.3 is 10.2 Å². The largest absolute Gasteiger partial charge is 0.342 e. The maximum absolute atomic E-state index is 12.6. The lowest BCUT2D eigenvalue weighted by molar-refractivity contribution is -0.128. The third-order valence-electron chi connectivity index (χ3n) is 4.77. The fourth-order valence-electron chi connectivity index (χ4n) is 3.25. The van der Waals surface area contributed by atoms with Crippen LogP contribution in [0.15, 0.2) is 60.7 Å². The predicted molar refractivity (Wildman–Crippen MR) is 109 cm³/mol. The number of carbonyl (C=O) groups is 2. The molecule has 6 nitrogen and oxygen atoms in total. The van der Waals surface area contributed by atoms with Crippen LogP contribution in [-0.2, 0) is 16.0 Å². The average Bonchev–Trinajstić information content (AvgIpc) is 3.34. The molecule has 1 aliphatic heterocycles. The third-order valence-corrected chi connectivity index (χ3v) is 5.66. The number of hydrogen-bond acceptors (Lipinski definition) is 5. The Bertz CT molecular complexity index is 959. The average molecular weight is 392 g/mol. The summed E-state index contributed by atoms with van der Waals surface area (Å²) in [5, 5.41) is 12.2. The van der Waals surface area contributed by atoms with E-state index in [1.807, 2.05) is 60.7 Å². The highest BCUT2D eigenvalue weighted by Crippen LogP contribution is 2.27. The van der Waals surface area contributed by atoms with Gasteiger partial charge in [-0.15, -0.1) is 10.2 Å². The number of aromatic nitrogens is 2. The van der Waals surface area contributed by atoms with E-state index < -0.39 is 0 Å². The molecule has 2 aromatic carbocycles. The van der Waals surface area contributed by atoms with Gasteiger partial charge in [-0.2, -0.15) is 0 Å². The Morgan fingerprint density at radius 3 is 2.54 bits per heavy atom. The smallest absolute Gasteiger partial charge is 0.231 e. The number of nitrogens with zero attached hydrogens (tertiary/aromatic N) is 3. The molecule has 142 valence electrons. The van der Waals surface area contributed by atoms with Gasteiger partial charge in [-0.05, 0) is 12.0 Å². The summed E-state index contributed by atoms with van der Waals surface area (Å²) >= 11 is 1.33. The molecule has 1 aliphatic rings. The normalized spacial score (nSPS) is 16.4. The van der Waals surface area contributed by atoms with E-state index in [-0.39, 0.29) is 24.2 Å². The zero-order valence-electron chi connectivity index (χ0n) is 15.2. The van der Waals surface area contributed by atoms with Crippen LogP contribution < -0.4 is 5.32 Å². The lowest BCUT2D eigenvalue weighted by atomic mass is 10.1. The summed E-state index contributed by atoms with van der Waals surface area (Å²) < 4.78 is 0. The second-order valence-electron chi connectivity index (χ2n) is 6.74. The Balaban J connectivity index is 1.33. The summed E-state index contributed by atoms with van der Waals surface area (Å²) in [5.74, 6) is -0.503. The van der Waals surface area contributed by atoms with Gasteiger partial charge in [0.15, 0.2) is 0 Å². The van der Waals surface area contributed by atoms with Crippen molar-refractivity contribution >= 4 is 28.3 Å². The van der Waals surface area contributed by atoms with Gasteiger partial charge in [0.25, 0.3) is 0 Å². The number of nitrogens with one attached hydrogen (secondary N) is 1. The van der Waals surface area contributed by atoms with Crippen molar-refractivity contribution in [3.05, 3.63) is 66.2 Å². The number of rotatable bonds is 6. The first-order valence-electron chi connectivity index (χ1n) is 9.20. The van der Waals surface area contributed by atoms with Gasteiger partial charge in [0, 0.05) is 25.1 Å². The first kappa shape index (κ1) is 18.3. The van der Waals surface area contributed by atoms with Crippen molar-refractivity contribution in [3.63, 3.8) is 0 Å². The van der Waals surface area contributed by atoms with Crippen molar-refractivity contribution in [3.8, 4) is 10.6 Å². The lowest BCUT2D eigenvalue weighted by Gasteiger charge is -2.16. The van der Waals surface area contributed by atoms with Crippen LogP contribution in [0.3, 0.4) is 0 Å². The van der Waals surface area contributed by atoms with E-state index in [1.54, 1.807) is 4.90 Å². The van der Waals surface area contributed by atoms with E-state index in [0.29, 0.717) is 18.2 Å². The molecule has 1 saturated heterocycles. The van der Waals surface area contributed by atoms with Crippen molar-refractivity contribution < 1.29 is 9.59 Å². The molecule has 1 aromatic heterocycles. The van der Waals surface area contributed by atoms with E-state index in [9.17, 15) is 9.59 Å². The van der Waals surface area contributed by atoms with E-state index in [0.717, 1.165) is 17.0 Å². The van der Waals surface area contributed by atoms with Gasteiger partial charge in [0.1, 0.15) is 5.01 Å². The zero-order chi connectivity index (χ0) is 19.3. The van der Waals surface area contributed by atoms with Crippen LogP contribution in [-0.4, -0.2) is 40.0 Å². The molecular formula is C21H20N4O2S. The molecule has 0 spiro atoms. The number of benzene rings is 2. The first-order valence-corrected chi connectivity index (χ1v) is 10.0. The fourth-order valence-corrected chi connectivity index (χ4v) is 4.00. The van der Waals surface area contributed by atoms with Crippen LogP contribution in [0.5, 0.6) is 0 Å². The molecule has 2 amide bonds. The van der Waals surface area contributed by atoms with Crippen LogP contribution in [0.25, 0.3) is 10.6 Å². The molecule has 4 rings (SSSR count). The van der Waals surface area contributed by atoms with Crippen molar-refractivity contribution in [2.24, 2.45) is 5.92 Å². The molecule has 1 atom stereocenters. The van der Waals surface area contributed by atoms with E-state index in [1.165, 1.54) is 16.9 Å². The second kappa shape index (κ2) is 8.31. The molecule has 0 aliphatic carbocycles. The molecule has 0 saturated carbocycles. The van der Waals surface area contributed by atoms with Crippen LogP contribution in [0.1, 0.15) is 12.0 Å². The van der Waals surface area contributed by atoms with E-state index >= 15 is 0 Å². The Hall–Kier alpha value is -3.06. The molecule has 2 heterocycles. The molecular weight excluding hydrogens is 372 g/mol. The highest BCUT2D eigenvalue weighted by molar-refractivity contribution is 7.18. The van der Waals surface area contributed by atoms with E-state index in [2.05, 4.69) is 15.5 Å². The number of carbonyl (C=O) groups excluding carboxylic acids is 2. The Morgan fingerprint density at radius 2 is 1.79 bits per heavy atom. The molecule has 0 radical (unpaired) electrons. The van der Waals surface area contributed by atoms with Gasteiger partial charge in [0.05, 0.1) is 5.92 Å². The minimum Gasteiger partial charge on any atom is -0.342 e. The van der Waals surface area contributed by atoms with Crippen molar-refractivity contribution in [2.75, 3.05) is 18.4 Å². The van der Waals surface area contributed by atoms with Gasteiger partial charge in [0.2, 0.25) is 16.9 Å². The lowest BCUT2D eigenvalue weighted by Crippen LogP contribution is -2.30. The summed E-state index contributed by atoms with van der Waals surface area (Å²) in [4.78, 5) is 26.6. The summed E-state index contributed by atoms with van der Waals surface area (Å²) in [6.07, 6.45) is 1.03. The van der Waals surface area contributed by atoms with Gasteiger partial charge >= 0.3 is 0 Å². The number of amides is 2. The Kier molecular flexibility index (Phi) is 5.43. The molecule has 1 N–H and O–H groups in total. The molecule has 3 aromatic rings. The highest BCUT2D eigenvalue weighted by atomic mass is 32.1. The minimum absolute atomic E-state index is 0.0262. The Morgan fingerprint density at radius 1 is 1.07 bits per heavy atom. The predicted octanol–water partition coefficient (Wildman–Crippen LogP) is 3.23. The summed E-state index contributed by atoms with van der Waals surface area (Å²) in [6.45, 7) is 1.07. The van der Waals surface area contributed by atoms with Gasteiger partial charge in [-0.1, -0.05) is 72.0 Å². The number of hydrogen-bond donors (Lipinski definition) is 1. The maximum Gasteiger partial charge on any atom is 0.231 e. The quantitative estimate of drug-likeness (QED) is 0.699. The standard InChI is InChI=1S/C21H20N4O2S/c26-18-13-17(14-25(18)12-11-15-7-3-1-4-8-15)19(27)22-21-24-23-20(28-21)16-9-5-2-6-10-16/h1-10,17H,11-14H2,(H,22,24,27)/t17-/m0/s1. The maximum atomic E-state index is 12.6. The molecule has 0 unspecified atom stereocenters. The van der Waals surface area contributed by atoms with Gasteiger partial charge in [-0.3, -0.25) is 9.59 Å². The molecule has 7 heteroatoms. The topological polar surface area (TPSA) is 75.2 Å². The summed E-state index contributed by atoms with van der Waals surface area (Å²) in [5.41, 5.74) is 2.15. The summed E-state index contributed by atoms with van der Waals surface area (Å²) in [6, 6.07) is 19.8. The van der Waals surface area contributed by atoms with Crippen LogP contribution in [0.2, 0.25) is 0 Å². The van der Waals surface area contributed by atoms with Crippen molar-refractivity contribution in [1.29, 1.82) is 0 Å². The zero-order valence-corrected chi connectivity index (χ0v) is 16.1. The molecule has 1 fully saturated rings. The summed E-state index contributed by atoms with van der Waals surface area (Å²) in [7, 11) is 0. The second-order valence-corrected chi connectivity index (χ2v) is 7.72. The number of anilines is 1. The SMILES string of the molecule is O=C(Nc1nnc(-c2ccccc2)s1)[C@H]1CC(=O)N(CCc2ccccc2)C1. The van der Waals surface area contributed by atoms with Gasteiger partial charge in [-0.25, -0.2) is 0 Å². The van der Waals surface area contributed by atoms with Crippen molar-refractivity contribution in [1.82, 2.24) is 15.1 Å². The fraction of sp³-hybridized carbons (Fsp3) is 0.238. The Labute approximate surface area is 167 Å². The first-order chi connectivity index (χ1) is 13.7. The van der Waals surface area contributed by atoms with E-state index in [4.69, 9.17) is 0 Å². The third kappa shape index (κ3) is 4.26.